The van der Waals surface area contributed by atoms with Gasteiger partial charge in [0.15, 0.2) is 0 Å². The van der Waals surface area contributed by atoms with E-state index in [9.17, 15) is 0 Å². The molecule has 0 aromatic rings. The number of hydrogen-bond donors (Lipinski definition) is 0. The van der Waals surface area contributed by atoms with Gasteiger partial charge in [-0.3, -0.25) is 4.90 Å². The molecule has 88 valence electrons. The largest absolute Gasteiger partial charge is 0.377 e. The van der Waals surface area contributed by atoms with Crippen LogP contribution < -0.4 is 0 Å². The van der Waals surface area contributed by atoms with Crippen molar-refractivity contribution in [2.24, 2.45) is 0 Å². The van der Waals surface area contributed by atoms with Gasteiger partial charge in [-0.1, -0.05) is 0 Å². The van der Waals surface area contributed by atoms with Crippen LogP contribution in [0.3, 0.4) is 0 Å². The summed E-state index contributed by atoms with van der Waals surface area (Å²) in [6, 6.07) is 0. The van der Waals surface area contributed by atoms with Gasteiger partial charge in [0.1, 0.15) is 0 Å². The van der Waals surface area contributed by atoms with E-state index in [1.165, 1.54) is 19.3 Å². The van der Waals surface area contributed by atoms with Crippen molar-refractivity contribution < 1.29 is 9.47 Å². The summed E-state index contributed by atoms with van der Waals surface area (Å²) < 4.78 is 11.5. The summed E-state index contributed by atoms with van der Waals surface area (Å²) in [5.74, 6) is 0. The van der Waals surface area contributed by atoms with Crippen molar-refractivity contribution in [3.05, 3.63) is 0 Å². The van der Waals surface area contributed by atoms with Gasteiger partial charge in [0, 0.05) is 26.2 Å². The molecule has 0 bridgehead atoms. The Balaban J connectivity index is 1.78. The van der Waals surface area contributed by atoms with Crippen molar-refractivity contribution in [3.8, 4) is 0 Å². The molecule has 3 heteroatoms. The average Bonchev–Trinajstić information content (AvgIpc) is 2.17. The molecule has 0 radical (unpaired) electrons. The van der Waals surface area contributed by atoms with Crippen LogP contribution in [0.5, 0.6) is 0 Å². The van der Waals surface area contributed by atoms with Crippen molar-refractivity contribution in [2.75, 3.05) is 32.8 Å². The number of hydrogen-bond acceptors (Lipinski definition) is 3. The number of morpholine rings is 1. The van der Waals surface area contributed by atoms with Crippen LogP contribution in [0.2, 0.25) is 0 Å². The third kappa shape index (κ3) is 3.44. The quantitative estimate of drug-likeness (QED) is 0.696. The lowest BCUT2D eigenvalue weighted by Gasteiger charge is -2.40. The number of ether oxygens (including phenoxy) is 2. The van der Waals surface area contributed by atoms with E-state index < -0.39 is 0 Å². The van der Waals surface area contributed by atoms with Crippen LogP contribution in [-0.2, 0) is 9.47 Å². The lowest BCUT2D eigenvalue weighted by atomic mass is 10.1. The standard InChI is InChI=1S/C12H23NO2/c1-12(2)10-13(6-8-15-12)9-11-5-3-4-7-14-11/h11H,3-10H2,1-2H3. The Morgan fingerprint density at radius 3 is 2.80 bits per heavy atom. The van der Waals surface area contributed by atoms with Gasteiger partial charge < -0.3 is 9.47 Å². The highest BCUT2D eigenvalue weighted by Gasteiger charge is 2.28. The first-order valence-electron chi connectivity index (χ1n) is 6.14. The minimum Gasteiger partial charge on any atom is -0.377 e. The molecule has 15 heavy (non-hydrogen) atoms. The molecule has 0 aliphatic carbocycles. The molecule has 2 heterocycles. The topological polar surface area (TPSA) is 21.7 Å². The van der Waals surface area contributed by atoms with Crippen LogP contribution in [0, 0.1) is 0 Å². The molecule has 2 fully saturated rings. The van der Waals surface area contributed by atoms with Crippen LogP contribution in [0.4, 0.5) is 0 Å². The Bertz CT molecular complexity index is 200. The summed E-state index contributed by atoms with van der Waals surface area (Å²) in [5.41, 5.74) is 0.0208. The van der Waals surface area contributed by atoms with Crippen molar-refractivity contribution in [3.63, 3.8) is 0 Å². The van der Waals surface area contributed by atoms with Crippen LogP contribution in [0.1, 0.15) is 33.1 Å². The highest BCUT2D eigenvalue weighted by Crippen LogP contribution is 2.19. The fraction of sp³-hybridized carbons (Fsp3) is 1.00. The Hall–Kier alpha value is -0.120. The zero-order chi connectivity index (χ0) is 10.7. The summed E-state index contributed by atoms with van der Waals surface area (Å²) in [6.45, 7) is 9.34. The van der Waals surface area contributed by atoms with E-state index in [1.54, 1.807) is 0 Å². The lowest BCUT2D eigenvalue weighted by Crippen LogP contribution is -2.50. The summed E-state index contributed by atoms with van der Waals surface area (Å²) in [7, 11) is 0. The number of rotatable bonds is 2. The minimum absolute atomic E-state index is 0.0208. The van der Waals surface area contributed by atoms with E-state index in [-0.39, 0.29) is 5.60 Å². The van der Waals surface area contributed by atoms with Gasteiger partial charge >= 0.3 is 0 Å². The molecule has 2 aliphatic heterocycles. The van der Waals surface area contributed by atoms with Gasteiger partial charge in [-0.15, -0.1) is 0 Å². The minimum atomic E-state index is 0.0208. The van der Waals surface area contributed by atoms with Gasteiger partial charge in [0.05, 0.1) is 18.3 Å². The summed E-state index contributed by atoms with van der Waals surface area (Å²) in [5, 5.41) is 0. The number of nitrogens with zero attached hydrogens (tertiary/aromatic N) is 1. The van der Waals surface area contributed by atoms with E-state index in [4.69, 9.17) is 9.47 Å². The van der Waals surface area contributed by atoms with E-state index in [0.717, 1.165) is 32.8 Å². The van der Waals surface area contributed by atoms with Gasteiger partial charge in [-0.25, -0.2) is 0 Å². The third-order valence-corrected chi connectivity index (χ3v) is 3.24. The second-order valence-corrected chi connectivity index (χ2v) is 5.33. The van der Waals surface area contributed by atoms with Crippen molar-refractivity contribution in [1.82, 2.24) is 4.90 Å². The van der Waals surface area contributed by atoms with Gasteiger partial charge in [-0.05, 0) is 33.1 Å². The van der Waals surface area contributed by atoms with Crippen LogP contribution >= 0.6 is 0 Å². The molecule has 2 saturated heterocycles. The lowest BCUT2D eigenvalue weighted by molar-refractivity contribution is -0.101. The van der Waals surface area contributed by atoms with Crippen molar-refractivity contribution >= 4 is 0 Å². The Morgan fingerprint density at radius 2 is 2.13 bits per heavy atom. The van der Waals surface area contributed by atoms with E-state index in [2.05, 4.69) is 18.7 Å². The van der Waals surface area contributed by atoms with E-state index in [0.29, 0.717) is 6.10 Å². The van der Waals surface area contributed by atoms with E-state index in [1.807, 2.05) is 0 Å². The molecular weight excluding hydrogens is 190 g/mol. The van der Waals surface area contributed by atoms with Crippen LogP contribution in [-0.4, -0.2) is 49.5 Å². The Kier molecular flexibility index (Phi) is 3.65. The Labute approximate surface area is 92.7 Å². The fourth-order valence-corrected chi connectivity index (χ4v) is 2.51. The Morgan fingerprint density at radius 1 is 1.27 bits per heavy atom. The molecular formula is C12H23NO2. The molecule has 0 amide bonds. The molecule has 0 aromatic heterocycles. The van der Waals surface area contributed by atoms with Gasteiger partial charge in [0.2, 0.25) is 0 Å². The van der Waals surface area contributed by atoms with Crippen LogP contribution in [0.15, 0.2) is 0 Å². The average molecular weight is 213 g/mol. The maximum Gasteiger partial charge on any atom is 0.0753 e. The molecule has 0 saturated carbocycles. The first-order valence-corrected chi connectivity index (χ1v) is 6.14. The fourth-order valence-electron chi connectivity index (χ4n) is 2.51. The maximum atomic E-state index is 5.77. The maximum absolute atomic E-state index is 5.77. The molecule has 0 N–H and O–H groups in total. The summed E-state index contributed by atoms with van der Waals surface area (Å²) in [4.78, 5) is 2.49. The zero-order valence-corrected chi connectivity index (χ0v) is 10.00. The predicted octanol–water partition coefficient (Wildman–Crippen LogP) is 1.67. The first-order chi connectivity index (χ1) is 7.16. The van der Waals surface area contributed by atoms with Crippen LogP contribution in [0.25, 0.3) is 0 Å². The first kappa shape index (κ1) is 11.4. The summed E-state index contributed by atoms with van der Waals surface area (Å²) in [6.07, 6.45) is 4.27. The molecule has 3 nitrogen and oxygen atoms in total. The monoisotopic (exact) mass is 213 g/mol. The molecule has 1 atom stereocenters. The smallest absolute Gasteiger partial charge is 0.0753 e. The molecule has 2 rings (SSSR count). The zero-order valence-electron chi connectivity index (χ0n) is 10.00. The van der Waals surface area contributed by atoms with Gasteiger partial charge in [-0.2, -0.15) is 0 Å². The van der Waals surface area contributed by atoms with Gasteiger partial charge in [0.25, 0.3) is 0 Å². The highest BCUT2D eigenvalue weighted by molar-refractivity contribution is 4.81. The molecule has 0 aromatic carbocycles. The summed E-state index contributed by atoms with van der Waals surface area (Å²) >= 11 is 0. The molecule has 2 aliphatic rings. The SMILES string of the molecule is CC1(C)CN(CC2CCCCO2)CCO1. The van der Waals surface area contributed by atoms with Crippen molar-refractivity contribution in [2.45, 2.75) is 44.8 Å². The second kappa shape index (κ2) is 4.81. The second-order valence-electron chi connectivity index (χ2n) is 5.33. The van der Waals surface area contributed by atoms with E-state index >= 15 is 0 Å². The molecule has 0 spiro atoms. The third-order valence-electron chi connectivity index (χ3n) is 3.24. The highest BCUT2D eigenvalue weighted by atomic mass is 16.5. The predicted molar refractivity (Wildman–Crippen MR) is 60.1 cm³/mol. The van der Waals surface area contributed by atoms with Crippen molar-refractivity contribution in [1.29, 1.82) is 0 Å². The normalized spacial score (nSPS) is 32.8. The molecule has 1 unspecified atom stereocenters.